The van der Waals surface area contributed by atoms with Gasteiger partial charge >= 0.3 is 5.97 Å². The van der Waals surface area contributed by atoms with Crippen molar-refractivity contribution in [3.05, 3.63) is 0 Å². The van der Waals surface area contributed by atoms with Crippen molar-refractivity contribution >= 4 is 46.7 Å². The van der Waals surface area contributed by atoms with Gasteiger partial charge in [-0.3, -0.25) is 4.79 Å². The van der Waals surface area contributed by atoms with Gasteiger partial charge in [0.25, 0.3) is 9.70 Å². The first-order valence-corrected chi connectivity index (χ1v) is 5.08. The molecule has 0 unspecified atom stereocenters. The SMILES string of the molecule is O=C(O)[C@H]1CCCN1C(=O)C(Cl)(Cl)Cl. The lowest BCUT2D eigenvalue weighted by Crippen LogP contribution is -2.45. The van der Waals surface area contributed by atoms with E-state index in [2.05, 4.69) is 0 Å². The predicted octanol–water partition coefficient (Wildman–Crippen LogP) is 1.43. The van der Waals surface area contributed by atoms with Gasteiger partial charge in [-0.05, 0) is 12.8 Å². The molecule has 1 amide bonds. The van der Waals surface area contributed by atoms with E-state index in [-0.39, 0.29) is 0 Å². The second-order valence-corrected chi connectivity index (χ2v) is 5.27. The summed E-state index contributed by atoms with van der Waals surface area (Å²) in [4.78, 5) is 23.3. The number of carboxylic acid groups (broad SMARTS) is 1. The van der Waals surface area contributed by atoms with Crippen molar-refractivity contribution in [2.45, 2.75) is 22.7 Å². The number of carboxylic acids is 1. The zero-order valence-corrected chi connectivity index (χ0v) is 9.31. The maximum absolute atomic E-state index is 11.4. The summed E-state index contributed by atoms with van der Waals surface area (Å²) in [5.74, 6) is -1.84. The van der Waals surface area contributed by atoms with Crippen molar-refractivity contribution in [3.8, 4) is 0 Å². The van der Waals surface area contributed by atoms with E-state index < -0.39 is 21.7 Å². The Hall–Kier alpha value is -0.190. The number of aliphatic carboxylic acids is 1. The number of rotatable bonds is 1. The third-order valence-electron chi connectivity index (χ3n) is 2.04. The minimum atomic E-state index is -2.07. The average Bonchev–Trinajstić information content (AvgIpc) is 2.48. The molecular formula is C7H8Cl3NO3. The number of hydrogen-bond donors (Lipinski definition) is 1. The van der Waals surface area contributed by atoms with Crippen molar-refractivity contribution in [2.24, 2.45) is 0 Å². The number of nitrogens with zero attached hydrogens (tertiary/aromatic N) is 1. The molecule has 0 aromatic carbocycles. The summed E-state index contributed by atoms with van der Waals surface area (Å²) in [6.45, 7) is 0.323. The topological polar surface area (TPSA) is 57.6 Å². The molecule has 0 bridgehead atoms. The number of likely N-dealkylation sites (tertiary alicyclic amines) is 1. The Kier molecular flexibility index (Phi) is 3.50. The van der Waals surface area contributed by atoms with Gasteiger partial charge in [0, 0.05) is 6.54 Å². The first-order valence-electron chi connectivity index (χ1n) is 3.94. The van der Waals surface area contributed by atoms with E-state index in [1.807, 2.05) is 0 Å². The number of halogens is 3. The zero-order valence-electron chi connectivity index (χ0n) is 7.04. The fourth-order valence-electron chi connectivity index (χ4n) is 1.43. The Balaban J connectivity index is 2.77. The Bertz CT molecular complexity index is 263. The van der Waals surface area contributed by atoms with E-state index in [1.165, 1.54) is 0 Å². The van der Waals surface area contributed by atoms with Crippen LogP contribution in [0.15, 0.2) is 0 Å². The lowest BCUT2D eigenvalue weighted by atomic mass is 10.2. The van der Waals surface area contributed by atoms with Gasteiger partial charge in [0.2, 0.25) is 0 Å². The predicted molar refractivity (Wildman–Crippen MR) is 52.7 cm³/mol. The summed E-state index contributed by atoms with van der Waals surface area (Å²) >= 11 is 16.1. The van der Waals surface area contributed by atoms with Gasteiger partial charge in [-0.1, -0.05) is 34.8 Å². The van der Waals surface area contributed by atoms with E-state index in [0.717, 1.165) is 4.90 Å². The molecule has 1 aliphatic heterocycles. The average molecular weight is 261 g/mol. The van der Waals surface area contributed by atoms with Gasteiger partial charge in [0.1, 0.15) is 6.04 Å². The van der Waals surface area contributed by atoms with Crippen molar-refractivity contribution in [3.63, 3.8) is 0 Å². The minimum Gasteiger partial charge on any atom is -0.480 e. The molecule has 4 nitrogen and oxygen atoms in total. The van der Waals surface area contributed by atoms with Crippen LogP contribution in [0.1, 0.15) is 12.8 Å². The molecule has 80 valence electrons. The highest BCUT2D eigenvalue weighted by Crippen LogP contribution is 2.31. The van der Waals surface area contributed by atoms with Crippen LogP contribution in [0.2, 0.25) is 0 Å². The molecule has 1 saturated heterocycles. The van der Waals surface area contributed by atoms with Gasteiger partial charge in [0.15, 0.2) is 0 Å². The monoisotopic (exact) mass is 259 g/mol. The van der Waals surface area contributed by atoms with Crippen molar-refractivity contribution in [1.82, 2.24) is 4.90 Å². The first-order chi connectivity index (χ1) is 6.34. The molecule has 7 heteroatoms. The largest absolute Gasteiger partial charge is 0.480 e. The molecule has 0 radical (unpaired) electrons. The molecule has 0 aromatic heterocycles. The van der Waals surface area contributed by atoms with Crippen molar-refractivity contribution in [2.75, 3.05) is 6.54 Å². The second kappa shape index (κ2) is 4.13. The van der Waals surface area contributed by atoms with E-state index in [4.69, 9.17) is 39.9 Å². The standard InChI is InChI=1S/C7H8Cl3NO3/c8-7(9,10)6(14)11-3-1-2-4(11)5(12)13/h4H,1-3H2,(H,12,13)/t4-/m1/s1. The molecule has 1 aliphatic rings. The molecule has 0 saturated carbocycles. The highest BCUT2D eigenvalue weighted by molar-refractivity contribution is 6.76. The molecule has 1 fully saturated rings. The van der Waals surface area contributed by atoms with E-state index in [0.29, 0.717) is 19.4 Å². The van der Waals surface area contributed by atoms with Gasteiger partial charge in [-0.15, -0.1) is 0 Å². The quantitative estimate of drug-likeness (QED) is 0.726. The Morgan fingerprint density at radius 2 is 1.93 bits per heavy atom. The van der Waals surface area contributed by atoms with Crippen LogP contribution in [-0.2, 0) is 9.59 Å². The zero-order chi connectivity index (χ0) is 10.9. The van der Waals surface area contributed by atoms with Crippen LogP contribution in [0, 0.1) is 0 Å². The fourth-order valence-corrected chi connectivity index (χ4v) is 1.76. The summed E-state index contributed by atoms with van der Waals surface area (Å²) in [6.07, 6.45) is 1.02. The Morgan fingerprint density at radius 3 is 2.36 bits per heavy atom. The van der Waals surface area contributed by atoms with Crippen LogP contribution >= 0.6 is 34.8 Å². The molecular weight excluding hydrogens is 252 g/mol. The van der Waals surface area contributed by atoms with Crippen molar-refractivity contribution < 1.29 is 14.7 Å². The number of amides is 1. The highest BCUT2D eigenvalue weighted by Gasteiger charge is 2.42. The minimum absolute atomic E-state index is 0.323. The molecule has 0 aromatic rings. The third kappa shape index (κ3) is 2.43. The molecule has 1 heterocycles. The highest BCUT2D eigenvalue weighted by atomic mass is 35.6. The van der Waals surface area contributed by atoms with E-state index in [1.54, 1.807) is 0 Å². The maximum Gasteiger partial charge on any atom is 0.326 e. The molecule has 1 rings (SSSR count). The summed E-state index contributed by atoms with van der Waals surface area (Å²) in [5, 5.41) is 8.78. The Morgan fingerprint density at radius 1 is 1.36 bits per heavy atom. The number of carbonyl (C=O) groups excluding carboxylic acids is 1. The van der Waals surface area contributed by atoms with Crippen LogP contribution < -0.4 is 0 Å². The number of hydrogen-bond acceptors (Lipinski definition) is 2. The first kappa shape index (κ1) is 11.9. The van der Waals surface area contributed by atoms with E-state index in [9.17, 15) is 9.59 Å². The van der Waals surface area contributed by atoms with Gasteiger partial charge in [-0.25, -0.2) is 4.79 Å². The lowest BCUT2D eigenvalue weighted by molar-refractivity contribution is -0.147. The Labute approximate surface area is 95.7 Å². The molecule has 14 heavy (non-hydrogen) atoms. The fraction of sp³-hybridized carbons (Fsp3) is 0.714. The van der Waals surface area contributed by atoms with Crippen LogP contribution in [0.4, 0.5) is 0 Å². The van der Waals surface area contributed by atoms with Crippen LogP contribution in [0.3, 0.4) is 0 Å². The van der Waals surface area contributed by atoms with E-state index >= 15 is 0 Å². The van der Waals surface area contributed by atoms with Crippen molar-refractivity contribution in [1.29, 1.82) is 0 Å². The number of alkyl halides is 3. The molecule has 1 atom stereocenters. The maximum atomic E-state index is 11.4. The lowest BCUT2D eigenvalue weighted by Gasteiger charge is -2.24. The summed E-state index contributed by atoms with van der Waals surface area (Å²) in [6, 6.07) is -0.863. The van der Waals surface area contributed by atoms with Crippen LogP contribution in [-0.4, -0.2) is 38.3 Å². The second-order valence-electron chi connectivity index (χ2n) is 2.99. The molecule has 0 aliphatic carbocycles. The normalized spacial score (nSPS) is 22.5. The van der Waals surface area contributed by atoms with Crippen LogP contribution in [0.5, 0.6) is 0 Å². The number of carbonyl (C=O) groups is 2. The molecule has 0 spiro atoms. The van der Waals surface area contributed by atoms with Gasteiger partial charge < -0.3 is 10.0 Å². The summed E-state index contributed by atoms with van der Waals surface area (Å²) < 4.78 is -2.07. The van der Waals surface area contributed by atoms with Gasteiger partial charge in [0.05, 0.1) is 0 Å². The molecule has 1 N–H and O–H groups in total. The smallest absolute Gasteiger partial charge is 0.326 e. The summed E-state index contributed by atoms with van der Waals surface area (Å²) in [5.41, 5.74) is 0. The van der Waals surface area contributed by atoms with Gasteiger partial charge in [-0.2, -0.15) is 0 Å². The third-order valence-corrected chi connectivity index (χ3v) is 2.53. The van der Waals surface area contributed by atoms with Crippen LogP contribution in [0.25, 0.3) is 0 Å². The summed E-state index contributed by atoms with van der Waals surface area (Å²) in [7, 11) is 0.